The Kier molecular flexibility index (Phi) is 3.78. The molecule has 3 heterocycles. The lowest BCUT2D eigenvalue weighted by Crippen LogP contribution is -2.17. The van der Waals surface area contributed by atoms with Crippen molar-refractivity contribution in [1.29, 1.82) is 0 Å². The molecule has 5 rings (SSSR count). The second-order valence-corrected chi connectivity index (χ2v) is 6.79. The first kappa shape index (κ1) is 15.9. The predicted molar refractivity (Wildman–Crippen MR) is 101 cm³/mol. The van der Waals surface area contributed by atoms with Crippen LogP contribution in [0.2, 0.25) is 0 Å². The van der Waals surface area contributed by atoms with Crippen LogP contribution >= 0.6 is 0 Å². The molecule has 7 heteroatoms. The maximum absolute atomic E-state index is 12.4. The SMILES string of the molecule is O=c1[nH]c2ccccc2nc1CCc1nc(C2CC2)nn1-c1ccccn1. The normalized spacial score (nSPS) is 13.9. The first-order valence-corrected chi connectivity index (χ1v) is 9.13. The smallest absolute Gasteiger partial charge is 0.270 e. The van der Waals surface area contributed by atoms with Gasteiger partial charge in [0.05, 0.1) is 11.0 Å². The fourth-order valence-electron chi connectivity index (χ4n) is 3.17. The summed E-state index contributed by atoms with van der Waals surface area (Å²) in [4.78, 5) is 28.9. The minimum Gasteiger partial charge on any atom is -0.319 e. The number of benzene rings is 1. The topological polar surface area (TPSA) is 89.4 Å². The van der Waals surface area contributed by atoms with Crippen molar-refractivity contribution >= 4 is 11.0 Å². The highest BCUT2D eigenvalue weighted by atomic mass is 16.1. The molecule has 0 unspecified atom stereocenters. The van der Waals surface area contributed by atoms with E-state index in [0.717, 1.165) is 41.3 Å². The lowest BCUT2D eigenvalue weighted by molar-refractivity contribution is 0.739. The van der Waals surface area contributed by atoms with Gasteiger partial charge in [-0.25, -0.2) is 15.0 Å². The van der Waals surface area contributed by atoms with Crippen LogP contribution in [0.1, 0.15) is 36.1 Å². The molecule has 27 heavy (non-hydrogen) atoms. The van der Waals surface area contributed by atoms with Gasteiger partial charge in [0.15, 0.2) is 11.6 Å². The first-order chi connectivity index (χ1) is 13.3. The number of H-pyrrole nitrogens is 1. The van der Waals surface area contributed by atoms with Crippen molar-refractivity contribution in [1.82, 2.24) is 29.7 Å². The molecule has 1 aromatic carbocycles. The summed E-state index contributed by atoms with van der Waals surface area (Å²) in [7, 11) is 0. The molecule has 0 amide bonds. The number of nitrogens with zero attached hydrogens (tertiary/aromatic N) is 5. The van der Waals surface area contributed by atoms with Crippen LogP contribution in [0.3, 0.4) is 0 Å². The minimum atomic E-state index is -0.153. The largest absolute Gasteiger partial charge is 0.319 e. The monoisotopic (exact) mass is 358 g/mol. The number of rotatable bonds is 5. The Morgan fingerprint density at radius 2 is 1.89 bits per heavy atom. The quantitative estimate of drug-likeness (QED) is 0.592. The molecule has 0 spiro atoms. The summed E-state index contributed by atoms with van der Waals surface area (Å²) >= 11 is 0. The van der Waals surface area contributed by atoms with Gasteiger partial charge in [0, 0.05) is 25.0 Å². The number of hydrogen-bond donors (Lipinski definition) is 1. The maximum atomic E-state index is 12.4. The van der Waals surface area contributed by atoms with E-state index < -0.39 is 0 Å². The van der Waals surface area contributed by atoms with Crippen LogP contribution in [0, 0.1) is 0 Å². The van der Waals surface area contributed by atoms with E-state index in [-0.39, 0.29) is 5.56 Å². The van der Waals surface area contributed by atoms with Crippen LogP contribution < -0.4 is 5.56 Å². The zero-order valence-electron chi connectivity index (χ0n) is 14.7. The zero-order valence-corrected chi connectivity index (χ0v) is 14.7. The second kappa shape index (κ2) is 6.42. The number of fused-ring (bicyclic) bond motifs is 1. The fourth-order valence-corrected chi connectivity index (χ4v) is 3.17. The van der Waals surface area contributed by atoms with E-state index in [9.17, 15) is 4.79 Å². The van der Waals surface area contributed by atoms with Gasteiger partial charge in [-0.3, -0.25) is 4.79 Å². The van der Waals surface area contributed by atoms with E-state index in [1.807, 2.05) is 42.5 Å². The van der Waals surface area contributed by atoms with E-state index in [1.165, 1.54) is 0 Å². The molecule has 7 nitrogen and oxygen atoms in total. The van der Waals surface area contributed by atoms with E-state index in [0.29, 0.717) is 24.5 Å². The summed E-state index contributed by atoms with van der Waals surface area (Å²) in [5, 5.41) is 4.66. The maximum Gasteiger partial charge on any atom is 0.270 e. The van der Waals surface area contributed by atoms with Crippen LogP contribution in [0.25, 0.3) is 16.9 Å². The van der Waals surface area contributed by atoms with Crippen molar-refractivity contribution in [3.8, 4) is 5.82 Å². The van der Waals surface area contributed by atoms with Crippen molar-refractivity contribution in [2.45, 2.75) is 31.6 Å². The molecule has 0 bridgehead atoms. The highest BCUT2D eigenvalue weighted by Gasteiger charge is 2.29. The summed E-state index contributed by atoms with van der Waals surface area (Å²) < 4.78 is 1.79. The Bertz CT molecular complexity index is 1160. The molecule has 0 saturated heterocycles. The van der Waals surface area contributed by atoms with Gasteiger partial charge in [0.1, 0.15) is 11.5 Å². The number of hydrogen-bond acceptors (Lipinski definition) is 5. The van der Waals surface area contributed by atoms with Gasteiger partial charge < -0.3 is 4.98 Å². The van der Waals surface area contributed by atoms with E-state index in [4.69, 9.17) is 4.98 Å². The molecule has 134 valence electrons. The standard InChI is InChI=1S/C20H18N6O/c27-20-16(22-14-5-1-2-6-15(14)23-20)10-11-18-24-19(13-8-9-13)25-26(18)17-7-3-4-12-21-17/h1-7,12-13H,8-11H2,(H,23,27). The minimum absolute atomic E-state index is 0.153. The predicted octanol–water partition coefficient (Wildman–Crippen LogP) is 2.56. The summed E-state index contributed by atoms with van der Waals surface area (Å²) in [5.74, 6) is 2.88. The number of aromatic nitrogens is 6. The molecule has 4 aromatic rings. The van der Waals surface area contributed by atoms with Crippen LogP contribution in [-0.4, -0.2) is 29.7 Å². The summed E-state index contributed by atoms with van der Waals surface area (Å²) in [5.41, 5.74) is 1.90. The molecule has 1 fully saturated rings. The molecule has 0 atom stereocenters. The average Bonchev–Trinajstić information content (AvgIpc) is 3.47. The lowest BCUT2D eigenvalue weighted by atomic mass is 10.2. The van der Waals surface area contributed by atoms with Crippen molar-refractivity contribution in [2.24, 2.45) is 0 Å². The summed E-state index contributed by atoms with van der Waals surface area (Å²) in [6, 6.07) is 13.3. The molecule has 1 aliphatic rings. The van der Waals surface area contributed by atoms with E-state index >= 15 is 0 Å². The molecular weight excluding hydrogens is 340 g/mol. The molecule has 1 aliphatic carbocycles. The Morgan fingerprint density at radius 1 is 1.04 bits per heavy atom. The van der Waals surface area contributed by atoms with E-state index in [2.05, 4.69) is 20.1 Å². The van der Waals surface area contributed by atoms with Gasteiger partial charge in [-0.15, -0.1) is 5.10 Å². The Balaban J connectivity index is 1.47. The highest BCUT2D eigenvalue weighted by Crippen LogP contribution is 2.38. The van der Waals surface area contributed by atoms with Crippen molar-refractivity contribution in [3.63, 3.8) is 0 Å². The van der Waals surface area contributed by atoms with Gasteiger partial charge >= 0.3 is 0 Å². The molecule has 0 aliphatic heterocycles. The highest BCUT2D eigenvalue weighted by molar-refractivity contribution is 5.73. The summed E-state index contributed by atoms with van der Waals surface area (Å²) in [6.07, 6.45) is 5.09. The van der Waals surface area contributed by atoms with Crippen LogP contribution in [0.15, 0.2) is 53.5 Å². The number of pyridine rings is 1. The first-order valence-electron chi connectivity index (χ1n) is 9.13. The van der Waals surface area contributed by atoms with Crippen molar-refractivity contribution in [2.75, 3.05) is 0 Å². The van der Waals surface area contributed by atoms with Gasteiger partial charge in [-0.2, -0.15) is 4.68 Å². The molecule has 1 saturated carbocycles. The Morgan fingerprint density at radius 3 is 2.70 bits per heavy atom. The van der Waals surface area contributed by atoms with Gasteiger partial charge in [-0.05, 0) is 37.1 Å². The van der Waals surface area contributed by atoms with Gasteiger partial charge in [0.2, 0.25) is 0 Å². The number of aromatic amines is 1. The van der Waals surface area contributed by atoms with Crippen LogP contribution in [-0.2, 0) is 12.8 Å². The lowest BCUT2D eigenvalue weighted by Gasteiger charge is -2.05. The second-order valence-electron chi connectivity index (χ2n) is 6.79. The van der Waals surface area contributed by atoms with Crippen molar-refractivity contribution < 1.29 is 0 Å². The van der Waals surface area contributed by atoms with Crippen LogP contribution in [0.5, 0.6) is 0 Å². The number of nitrogens with one attached hydrogen (secondary N) is 1. The third-order valence-electron chi connectivity index (χ3n) is 4.75. The molecular formula is C20H18N6O. The Labute approximate surface area is 155 Å². The third kappa shape index (κ3) is 3.12. The average molecular weight is 358 g/mol. The Hall–Kier alpha value is -3.35. The molecule has 1 N–H and O–H groups in total. The number of para-hydroxylation sites is 2. The molecule has 3 aromatic heterocycles. The third-order valence-corrected chi connectivity index (χ3v) is 4.75. The number of aryl methyl sites for hydroxylation is 2. The van der Waals surface area contributed by atoms with Crippen LogP contribution in [0.4, 0.5) is 0 Å². The van der Waals surface area contributed by atoms with Crippen molar-refractivity contribution in [3.05, 3.63) is 76.4 Å². The molecule has 0 radical (unpaired) electrons. The fraction of sp³-hybridized carbons (Fsp3) is 0.250. The van der Waals surface area contributed by atoms with Gasteiger partial charge in [-0.1, -0.05) is 18.2 Å². The summed E-state index contributed by atoms with van der Waals surface area (Å²) in [6.45, 7) is 0. The van der Waals surface area contributed by atoms with Gasteiger partial charge in [0.25, 0.3) is 5.56 Å². The van der Waals surface area contributed by atoms with E-state index in [1.54, 1.807) is 10.9 Å². The zero-order chi connectivity index (χ0) is 18.2.